The Hall–Kier alpha value is -2.96. The van der Waals surface area contributed by atoms with Gasteiger partial charge in [0.2, 0.25) is 5.91 Å². The molecule has 0 aliphatic rings. The Morgan fingerprint density at radius 2 is 2.00 bits per heavy atom. The molecule has 1 amide bonds. The Morgan fingerprint density at radius 1 is 1.24 bits per heavy atom. The van der Waals surface area contributed by atoms with Crippen molar-refractivity contribution in [2.24, 2.45) is 0 Å². The molecular weight excluding hydrogens is 323 g/mol. The predicted octanol–water partition coefficient (Wildman–Crippen LogP) is 3.41. The van der Waals surface area contributed by atoms with Gasteiger partial charge in [0.1, 0.15) is 11.4 Å². The van der Waals surface area contributed by atoms with Crippen molar-refractivity contribution in [3.05, 3.63) is 58.5 Å². The Balaban J connectivity index is 1.77. The second-order valence-corrected chi connectivity index (χ2v) is 6.03. The number of nitrogens with one attached hydrogen (secondary N) is 1. The van der Waals surface area contributed by atoms with Gasteiger partial charge in [0.15, 0.2) is 5.82 Å². The van der Waals surface area contributed by atoms with Gasteiger partial charge in [0.25, 0.3) is 0 Å². The number of hydrogen-bond acceptors (Lipinski definition) is 4. The summed E-state index contributed by atoms with van der Waals surface area (Å²) < 4.78 is 21.0. The zero-order valence-electron chi connectivity index (χ0n) is 14.6. The number of rotatable bonds is 4. The molecule has 0 aliphatic carbocycles. The highest BCUT2D eigenvalue weighted by atomic mass is 19.1. The van der Waals surface area contributed by atoms with E-state index in [0.717, 1.165) is 17.0 Å². The maximum Gasteiger partial charge on any atom is 0.229 e. The van der Waals surface area contributed by atoms with Crippen molar-refractivity contribution < 1.29 is 13.7 Å². The number of aromatic nitrogens is 3. The van der Waals surface area contributed by atoms with E-state index in [9.17, 15) is 9.18 Å². The molecule has 3 aromatic rings. The highest BCUT2D eigenvalue weighted by Gasteiger charge is 2.15. The molecule has 1 aromatic carbocycles. The largest absolute Gasteiger partial charge is 0.361 e. The second kappa shape index (κ2) is 6.51. The molecule has 0 saturated carbocycles. The fraction of sp³-hybridized carbons (Fsp3) is 0.278. The van der Waals surface area contributed by atoms with Gasteiger partial charge in [-0.2, -0.15) is 5.10 Å². The van der Waals surface area contributed by atoms with Crippen LogP contribution in [0.2, 0.25) is 0 Å². The Kier molecular flexibility index (Phi) is 4.39. The summed E-state index contributed by atoms with van der Waals surface area (Å²) in [5.41, 5.74) is 3.81. The van der Waals surface area contributed by atoms with Gasteiger partial charge in [-0.05, 0) is 52.0 Å². The summed E-state index contributed by atoms with van der Waals surface area (Å²) in [5.74, 6) is -0.104. The Bertz CT molecular complexity index is 923. The van der Waals surface area contributed by atoms with E-state index in [1.807, 2.05) is 19.9 Å². The summed E-state index contributed by atoms with van der Waals surface area (Å²) in [7, 11) is 0. The lowest BCUT2D eigenvalue weighted by Gasteiger charge is -2.09. The highest BCUT2D eigenvalue weighted by molar-refractivity contribution is 5.92. The van der Waals surface area contributed by atoms with Crippen LogP contribution in [-0.2, 0) is 11.2 Å². The van der Waals surface area contributed by atoms with Gasteiger partial charge >= 0.3 is 0 Å². The fourth-order valence-electron chi connectivity index (χ4n) is 2.75. The van der Waals surface area contributed by atoms with E-state index in [1.54, 1.807) is 30.7 Å². The molecular formula is C18H19FN4O2. The second-order valence-electron chi connectivity index (χ2n) is 6.03. The zero-order valence-corrected chi connectivity index (χ0v) is 14.6. The molecule has 0 aliphatic heterocycles. The summed E-state index contributed by atoms with van der Waals surface area (Å²) in [6.45, 7) is 7.25. The van der Waals surface area contributed by atoms with Gasteiger partial charge < -0.3 is 9.84 Å². The molecule has 0 unspecified atom stereocenters. The average Bonchev–Trinajstić information content (AvgIpc) is 3.03. The monoisotopic (exact) mass is 342 g/mol. The third-order valence-electron chi connectivity index (χ3n) is 3.99. The molecule has 0 saturated heterocycles. The first-order valence-electron chi connectivity index (χ1n) is 7.90. The molecule has 0 atom stereocenters. The summed E-state index contributed by atoms with van der Waals surface area (Å²) in [6, 6.07) is 6.41. The maximum absolute atomic E-state index is 14.4. The van der Waals surface area contributed by atoms with E-state index in [-0.39, 0.29) is 12.3 Å². The van der Waals surface area contributed by atoms with E-state index in [4.69, 9.17) is 4.52 Å². The molecule has 0 spiro atoms. The van der Waals surface area contributed by atoms with Crippen LogP contribution in [0.1, 0.15) is 28.4 Å². The number of benzene rings is 1. The number of carbonyl (C=O) groups excluding carboxylic acids is 1. The SMILES string of the molecule is Cc1cc(C)n(-c2ccc(NC(=O)Cc3c(C)noc3C)cc2F)n1. The molecule has 25 heavy (non-hydrogen) atoms. The van der Waals surface area contributed by atoms with E-state index in [1.165, 1.54) is 6.07 Å². The van der Waals surface area contributed by atoms with Gasteiger partial charge in [0.05, 0.1) is 17.8 Å². The first kappa shape index (κ1) is 16.9. The first-order chi connectivity index (χ1) is 11.8. The van der Waals surface area contributed by atoms with Crippen LogP contribution >= 0.6 is 0 Å². The van der Waals surface area contributed by atoms with Crippen LogP contribution in [0.4, 0.5) is 10.1 Å². The Morgan fingerprint density at radius 3 is 2.56 bits per heavy atom. The minimum absolute atomic E-state index is 0.127. The predicted molar refractivity (Wildman–Crippen MR) is 91.3 cm³/mol. The molecule has 2 heterocycles. The van der Waals surface area contributed by atoms with Crippen molar-refractivity contribution in [1.82, 2.24) is 14.9 Å². The first-order valence-corrected chi connectivity index (χ1v) is 7.90. The molecule has 130 valence electrons. The number of aryl methyl sites for hydroxylation is 4. The van der Waals surface area contributed by atoms with Gasteiger partial charge in [-0.15, -0.1) is 0 Å². The number of hydrogen-bond donors (Lipinski definition) is 1. The van der Waals surface area contributed by atoms with Gasteiger partial charge in [0, 0.05) is 16.9 Å². The lowest BCUT2D eigenvalue weighted by Crippen LogP contribution is -2.15. The van der Waals surface area contributed by atoms with Crippen LogP contribution < -0.4 is 5.32 Å². The molecule has 1 N–H and O–H groups in total. The average molecular weight is 342 g/mol. The van der Waals surface area contributed by atoms with Crippen molar-refractivity contribution in [2.75, 3.05) is 5.32 Å². The number of carbonyl (C=O) groups is 1. The summed E-state index contributed by atoms with van der Waals surface area (Å²) in [6.07, 6.45) is 0.127. The topological polar surface area (TPSA) is 73.0 Å². The van der Waals surface area contributed by atoms with Crippen molar-refractivity contribution >= 4 is 11.6 Å². The quantitative estimate of drug-likeness (QED) is 0.788. The van der Waals surface area contributed by atoms with Crippen LogP contribution in [-0.4, -0.2) is 20.8 Å². The van der Waals surface area contributed by atoms with Crippen LogP contribution in [0.15, 0.2) is 28.8 Å². The maximum atomic E-state index is 14.4. The van der Waals surface area contributed by atoms with E-state index in [2.05, 4.69) is 15.6 Å². The van der Waals surface area contributed by atoms with Crippen LogP contribution in [0, 0.1) is 33.5 Å². The number of halogens is 1. The number of amides is 1. The highest BCUT2D eigenvalue weighted by Crippen LogP contribution is 2.20. The standard InChI is InChI=1S/C18H19FN4O2/c1-10-7-11(2)23(21-10)17-6-5-14(8-16(17)19)20-18(24)9-15-12(3)22-25-13(15)4/h5-8H,9H2,1-4H3,(H,20,24). The molecule has 3 rings (SSSR count). The smallest absolute Gasteiger partial charge is 0.229 e. The van der Waals surface area contributed by atoms with Gasteiger partial charge in [-0.3, -0.25) is 4.79 Å². The lowest BCUT2D eigenvalue weighted by molar-refractivity contribution is -0.115. The van der Waals surface area contributed by atoms with Crippen LogP contribution in [0.5, 0.6) is 0 Å². The van der Waals surface area contributed by atoms with Crippen molar-refractivity contribution in [3.63, 3.8) is 0 Å². The molecule has 7 heteroatoms. The number of anilines is 1. The summed E-state index contributed by atoms with van der Waals surface area (Å²) in [4.78, 5) is 12.2. The normalized spacial score (nSPS) is 10.9. The third-order valence-corrected chi connectivity index (χ3v) is 3.99. The van der Waals surface area contributed by atoms with Gasteiger partial charge in [-0.1, -0.05) is 5.16 Å². The fourth-order valence-corrected chi connectivity index (χ4v) is 2.75. The van der Waals surface area contributed by atoms with E-state index >= 15 is 0 Å². The lowest BCUT2D eigenvalue weighted by atomic mass is 10.1. The summed E-state index contributed by atoms with van der Waals surface area (Å²) >= 11 is 0. The molecule has 2 aromatic heterocycles. The number of nitrogens with zero attached hydrogens (tertiary/aromatic N) is 3. The van der Waals surface area contributed by atoms with E-state index < -0.39 is 5.82 Å². The minimum atomic E-state index is -0.457. The zero-order chi connectivity index (χ0) is 18.1. The Labute approximate surface area is 144 Å². The third kappa shape index (κ3) is 3.45. The van der Waals surface area contributed by atoms with Crippen molar-refractivity contribution in [3.8, 4) is 5.69 Å². The van der Waals surface area contributed by atoms with Crippen LogP contribution in [0.25, 0.3) is 5.69 Å². The van der Waals surface area contributed by atoms with Crippen molar-refractivity contribution in [1.29, 1.82) is 0 Å². The van der Waals surface area contributed by atoms with Gasteiger partial charge in [-0.25, -0.2) is 9.07 Å². The molecule has 0 bridgehead atoms. The molecule has 0 fully saturated rings. The van der Waals surface area contributed by atoms with Crippen molar-refractivity contribution in [2.45, 2.75) is 34.1 Å². The van der Waals surface area contributed by atoms with E-state index in [0.29, 0.717) is 22.8 Å². The molecule has 0 radical (unpaired) electrons. The van der Waals surface area contributed by atoms with Crippen LogP contribution in [0.3, 0.4) is 0 Å². The minimum Gasteiger partial charge on any atom is -0.361 e. The summed E-state index contributed by atoms with van der Waals surface area (Å²) in [5, 5.41) is 10.8. The molecule has 6 nitrogen and oxygen atoms in total.